The molecule has 0 bridgehead atoms. The fourth-order valence-electron chi connectivity index (χ4n) is 3.29. The largest absolute Gasteiger partial charge is 0.394 e. The van der Waals surface area contributed by atoms with Crippen molar-refractivity contribution < 1.29 is 15.0 Å². The van der Waals surface area contributed by atoms with Crippen LogP contribution in [0.3, 0.4) is 0 Å². The van der Waals surface area contributed by atoms with Gasteiger partial charge in [0.05, 0.1) is 18.3 Å². The molecule has 6 N–H and O–H groups in total. The summed E-state index contributed by atoms with van der Waals surface area (Å²) in [7, 11) is 1.68. The number of pyridine rings is 2. The highest BCUT2D eigenvalue weighted by Crippen LogP contribution is 2.23. The van der Waals surface area contributed by atoms with Crippen molar-refractivity contribution in [2.75, 3.05) is 30.4 Å². The Balaban J connectivity index is 2.42. The van der Waals surface area contributed by atoms with Crippen molar-refractivity contribution in [2.45, 2.75) is 46.4 Å². The third-order valence-electron chi connectivity index (χ3n) is 4.87. The van der Waals surface area contributed by atoms with Gasteiger partial charge >= 0.3 is 0 Å². The van der Waals surface area contributed by atoms with E-state index in [-0.39, 0.29) is 30.3 Å². The Bertz CT molecular complexity index is 1030. The van der Waals surface area contributed by atoms with Gasteiger partial charge in [0, 0.05) is 49.2 Å². The van der Waals surface area contributed by atoms with E-state index in [0.29, 0.717) is 22.8 Å². The smallest absolute Gasteiger partial charge is 0.253 e. The number of aryl methyl sites for hydroxylation is 2. The van der Waals surface area contributed by atoms with Gasteiger partial charge < -0.3 is 36.1 Å². The van der Waals surface area contributed by atoms with Gasteiger partial charge in [-0.25, -0.2) is 4.98 Å². The monoisotopic (exact) mass is 444 g/mol. The van der Waals surface area contributed by atoms with E-state index in [4.69, 9.17) is 10.5 Å². The number of H-pyrrole nitrogens is 1. The summed E-state index contributed by atoms with van der Waals surface area (Å²) in [4.78, 5) is 34.2. The molecule has 0 saturated carbocycles. The minimum atomic E-state index is -0.973. The quantitative estimate of drug-likeness (QED) is 0.298. The maximum Gasteiger partial charge on any atom is 0.253 e. The van der Waals surface area contributed by atoms with Gasteiger partial charge in [-0.05, 0) is 45.4 Å². The van der Waals surface area contributed by atoms with E-state index >= 15 is 0 Å². The molecular weight excluding hydrogens is 412 g/mol. The van der Waals surface area contributed by atoms with Gasteiger partial charge in [-0.15, -0.1) is 0 Å². The first-order chi connectivity index (χ1) is 15.1. The van der Waals surface area contributed by atoms with Gasteiger partial charge in [-0.2, -0.15) is 0 Å². The molecule has 0 aromatic carbocycles. The number of rotatable bonds is 10. The van der Waals surface area contributed by atoms with Crippen molar-refractivity contribution in [3.8, 4) is 0 Å². The third kappa shape index (κ3) is 6.14. The predicted octanol–water partition coefficient (Wildman–Crippen LogP) is 0.924. The molecule has 2 aromatic rings. The first kappa shape index (κ1) is 25.0. The second-order valence-corrected chi connectivity index (χ2v) is 8.08. The van der Waals surface area contributed by atoms with Crippen LogP contribution in [0.25, 0.3) is 0 Å². The number of amides is 1. The minimum absolute atomic E-state index is 0.00512. The number of anilines is 2. The molecule has 2 aromatic heterocycles. The third-order valence-corrected chi connectivity index (χ3v) is 4.87. The topological polar surface area (TPSA) is 154 Å². The molecule has 2 rings (SSSR count). The normalized spacial score (nSPS) is 11.9. The lowest BCUT2D eigenvalue weighted by Gasteiger charge is -2.24. The molecule has 0 radical (unpaired) electrons. The molecular formula is C22H32N6O4. The Labute approximate surface area is 187 Å². The van der Waals surface area contributed by atoms with Crippen LogP contribution in [0.2, 0.25) is 0 Å². The van der Waals surface area contributed by atoms with Crippen molar-refractivity contribution in [2.24, 2.45) is 0 Å². The number of nitrogens with one attached hydrogen (secondary N) is 4. The first-order valence-corrected chi connectivity index (χ1v) is 10.4. The molecule has 0 saturated heterocycles. The lowest BCUT2D eigenvalue weighted by Crippen LogP contribution is -2.33. The first-order valence-electron chi connectivity index (χ1n) is 10.4. The molecule has 0 aliphatic carbocycles. The second-order valence-electron chi connectivity index (χ2n) is 8.08. The van der Waals surface area contributed by atoms with Gasteiger partial charge in [0.15, 0.2) is 0 Å². The molecule has 2 heterocycles. The zero-order valence-electron chi connectivity index (χ0n) is 19.1. The number of carbonyl (C=O) groups is 1. The van der Waals surface area contributed by atoms with Crippen molar-refractivity contribution >= 4 is 23.8 Å². The number of nitrogens with zero attached hydrogens (tertiary/aromatic N) is 2. The van der Waals surface area contributed by atoms with E-state index in [1.807, 2.05) is 26.8 Å². The summed E-state index contributed by atoms with van der Waals surface area (Å²) in [6, 6.07) is 3.36. The number of aliphatic hydroxyl groups excluding tert-OH is 2. The fraction of sp³-hybridized carbons (Fsp3) is 0.455. The summed E-state index contributed by atoms with van der Waals surface area (Å²) in [5, 5.41) is 32.7. The summed E-state index contributed by atoms with van der Waals surface area (Å²) in [6.07, 6.45) is 0.0855. The van der Waals surface area contributed by atoms with Gasteiger partial charge in [0.2, 0.25) is 0 Å². The van der Waals surface area contributed by atoms with Gasteiger partial charge in [0.1, 0.15) is 11.6 Å². The van der Waals surface area contributed by atoms with Crippen LogP contribution in [0.4, 0.5) is 11.6 Å². The van der Waals surface area contributed by atoms with Crippen molar-refractivity contribution in [3.63, 3.8) is 0 Å². The Morgan fingerprint density at radius 2 is 2.03 bits per heavy atom. The summed E-state index contributed by atoms with van der Waals surface area (Å²) < 4.78 is 0. The molecule has 0 aliphatic rings. The molecule has 1 atom stereocenters. The Morgan fingerprint density at radius 1 is 1.34 bits per heavy atom. The van der Waals surface area contributed by atoms with Gasteiger partial charge in [-0.3, -0.25) is 9.59 Å². The molecule has 0 fully saturated rings. The van der Waals surface area contributed by atoms with Crippen molar-refractivity contribution in [1.29, 1.82) is 5.41 Å². The Morgan fingerprint density at radius 3 is 2.59 bits per heavy atom. The van der Waals surface area contributed by atoms with Crippen LogP contribution in [0, 0.1) is 19.3 Å². The Hall–Kier alpha value is -3.24. The maximum absolute atomic E-state index is 13.1. The number of hydrogen-bond acceptors (Lipinski definition) is 8. The molecule has 174 valence electrons. The lowest BCUT2D eigenvalue weighted by atomic mass is 10.1. The molecule has 0 aliphatic heterocycles. The number of likely N-dealkylation sites (N-methyl/N-ethyl adjacent to an activating group) is 1. The molecule has 0 spiro atoms. The second kappa shape index (κ2) is 10.9. The number of aromatic nitrogens is 2. The summed E-state index contributed by atoms with van der Waals surface area (Å²) in [5.74, 6) is 0.280. The number of carbonyl (C=O) groups excluding carboxylic acids is 1. The van der Waals surface area contributed by atoms with Crippen LogP contribution in [0.15, 0.2) is 16.9 Å². The van der Waals surface area contributed by atoms with Crippen molar-refractivity contribution in [1.82, 2.24) is 15.3 Å². The van der Waals surface area contributed by atoms with Crippen molar-refractivity contribution in [3.05, 3.63) is 50.4 Å². The van der Waals surface area contributed by atoms with E-state index in [2.05, 4.69) is 20.6 Å². The molecule has 1 amide bonds. The zero-order valence-corrected chi connectivity index (χ0v) is 19.1. The van der Waals surface area contributed by atoms with Crippen LogP contribution >= 0.6 is 0 Å². The molecule has 1 unspecified atom stereocenters. The van der Waals surface area contributed by atoms with E-state index < -0.39 is 18.6 Å². The van der Waals surface area contributed by atoms with E-state index in [0.717, 1.165) is 17.5 Å². The highest BCUT2D eigenvalue weighted by molar-refractivity contribution is 6.05. The fourth-order valence-corrected chi connectivity index (χ4v) is 3.29. The average molecular weight is 445 g/mol. The number of hydrogen-bond donors (Lipinski definition) is 6. The molecule has 10 heteroatoms. The summed E-state index contributed by atoms with van der Waals surface area (Å²) >= 11 is 0. The lowest BCUT2D eigenvalue weighted by molar-refractivity contribution is 0.0950. The highest BCUT2D eigenvalue weighted by Gasteiger charge is 2.20. The van der Waals surface area contributed by atoms with Crippen LogP contribution in [-0.2, 0) is 6.54 Å². The van der Waals surface area contributed by atoms with E-state index in [1.54, 1.807) is 18.9 Å². The van der Waals surface area contributed by atoms with Crippen LogP contribution < -0.4 is 21.1 Å². The predicted molar refractivity (Wildman–Crippen MR) is 125 cm³/mol. The Kier molecular flexibility index (Phi) is 8.50. The minimum Gasteiger partial charge on any atom is -0.394 e. The molecule has 32 heavy (non-hydrogen) atoms. The summed E-state index contributed by atoms with van der Waals surface area (Å²) in [5.41, 5.74) is 2.23. The zero-order chi connectivity index (χ0) is 24.0. The number of aromatic amines is 1. The highest BCUT2D eigenvalue weighted by atomic mass is 16.3. The van der Waals surface area contributed by atoms with Gasteiger partial charge in [-0.1, -0.05) is 0 Å². The van der Waals surface area contributed by atoms with E-state index in [9.17, 15) is 14.7 Å². The van der Waals surface area contributed by atoms with E-state index in [1.165, 1.54) is 6.07 Å². The average Bonchev–Trinajstić information content (AvgIpc) is 2.71. The SMILES string of the molecule is Cc1cc(C)c(CNC(=O)c2cc(N(C)CC(O)CO)nc(NC(C)C)c2C=N)c(=O)[nH]1. The van der Waals surface area contributed by atoms with Crippen LogP contribution in [0.1, 0.15) is 46.6 Å². The van der Waals surface area contributed by atoms with Crippen LogP contribution in [-0.4, -0.2) is 64.6 Å². The summed E-state index contributed by atoms with van der Waals surface area (Å²) in [6.45, 7) is 7.15. The van der Waals surface area contributed by atoms with Crippen LogP contribution in [0.5, 0.6) is 0 Å². The number of aliphatic hydroxyl groups is 2. The van der Waals surface area contributed by atoms with Gasteiger partial charge in [0.25, 0.3) is 11.5 Å². The molecule has 10 nitrogen and oxygen atoms in total. The maximum atomic E-state index is 13.1. The standard InChI is InChI=1S/C22H32N6O4/c1-12(2)25-20-17(8-23)16(7-19(27-20)28(5)10-15(30)11-29)21(31)24-9-18-13(3)6-14(4)26-22(18)32/h6-8,12,15,23,29-30H,9-11H2,1-5H3,(H,24,31)(H,25,27)(H,26,32).